The first-order valence-corrected chi connectivity index (χ1v) is 10.1. The summed E-state index contributed by atoms with van der Waals surface area (Å²) in [6.07, 6.45) is 4.21. The van der Waals surface area contributed by atoms with E-state index in [9.17, 15) is 14.4 Å². The summed E-state index contributed by atoms with van der Waals surface area (Å²) < 4.78 is 0. The van der Waals surface area contributed by atoms with Crippen LogP contribution in [0.15, 0.2) is 73.1 Å². The molecule has 1 saturated heterocycles. The zero-order valence-corrected chi connectivity index (χ0v) is 16.1. The van der Waals surface area contributed by atoms with Crippen LogP contribution in [0.5, 0.6) is 0 Å². The molecule has 4 aliphatic rings. The van der Waals surface area contributed by atoms with Gasteiger partial charge in [0.2, 0.25) is 11.8 Å². The lowest BCUT2D eigenvalue weighted by atomic mass is 9.46. The van der Waals surface area contributed by atoms with E-state index in [0.29, 0.717) is 5.69 Å². The summed E-state index contributed by atoms with van der Waals surface area (Å²) in [5, 5.41) is 0. The molecule has 1 aliphatic heterocycles. The summed E-state index contributed by atoms with van der Waals surface area (Å²) in [6.45, 7) is 0. The summed E-state index contributed by atoms with van der Waals surface area (Å²) >= 11 is 0. The molecule has 146 valence electrons. The van der Waals surface area contributed by atoms with Crippen molar-refractivity contribution >= 4 is 23.8 Å². The Morgan fingerprint density at radius 2 is 1.57 bits per heavy atom. The Balaban J connectivity index is 1.67. The highest BCUT2D eigenvalue weighted by atomic mass is 16.2. The first-order chi connectivity index (χ1) is 14.7. The van der Waals surface area contributed by atoms with Gasteiger partial charge in [0, 0.05) is 24.0 Å². The SMILES string of the molecule is O=CCC12c3ccccc3C(c3ccccc31)C1C(=O)N(c3cccnc3)C(=O)C12. The molecule has 0 N–H and O–H groups in total. The van der Waals surface area contributed by atoms with Gasteiger partial charge in [-0.3, -0.25) is 14.6 Å². The number of aldehydes is 1. The van der Waals surface area contributed by atoms with Crippen LogP contribution in [0.3, 0.4) is 0 Å². The molecule has 5 nitrogen and oxygen atoms in total. The van der Waals surface area contributed by atoms with Crippen LogP contribution in [0.4, 0.5) is 5.69 Å². The number of amides is 2. The predicted octanol–water partition coefficient (Wildman–Crippen LogP) is 3.22. The summed E-state index contributed by atoms with van der Waals surface area (Å²) in [7, 11) is 0. The molecule has 3 aromatic rings. The third-order valence-corrected chi connectivity index (χ3v) is 7.10. The molecule has 2 aromatic carbocycles. The van der Waals surface area contributed by atoms with E-state index in [1.54, 1.807) is 24.5 Å². The molecule has 5 heteroatoms. The molecule has 1 fully saturated rings. The monoisotopic (exact) mass is 394 g/mol. The molecule has 3 aliphatic carbocycles. The minimum absolute atomic E-state index is 0.162. The predicted molar refractivity (Wildman–Crippen MR) is 110 cm³/mol. The summed E-state index contributed by atoms with van der Waals surface area (Å²) in [4.78, 5) is 44.9. The van der Waals surface area contributed by atoms with Crippen molar-refractivity contribution in [2.24, 2.45) is 11.8 Å². The quantitative estimate of drug-likeness (QED) is 0.505. The van der Waals surface area contributed by atoms with E-state index < -0.39 is 17.3 Å². The normalized spacial score (nSPS) is 28.1. The number of nitrogens with zero attached hydrogens (tertiary/aromatic N) is 2. The first kappa shape index (κ1) is 17.3. The van der Waals surface area contributed by atoms with Gasteiger partial charge in [-0.1, -0.05) is 48.5 Å². The van der Waals surface area contributed by atoms with Gasteiger partial charge < -0.3 is 4.79 Å². The maximum Gasteiger partial charge on any atom is 0.239 e. The van der Waals surface area contributed by atoms with Crippen molar-refractivity contribution in [3.05, 3.63) is 95.3 Å². The van der Waals surface area contributed by atoms with Crippen LogP contribution in [-0.2, 0) is 19.8 Å². The standard InChI is InChI=1S/C25H18N2O3/c28-13-11-25-18-9-3-1-7-16(18)20(17-8-2-4-10-19(17)25)21-22(25)24(30)27(23(21)29)15-6-5-12-26-14-15/h1-10,12-14,20-22H,11H2. The second-order valence-electron chi connectivity index (χ2n) is 8.22. The van der Waals surface area contributed by atoms with Crippen LogP contribution in [0.25, 0.3) is 0 Å². The topological polar surface area (TPSA) is 67.3 Å². The van der Waals surface area contributed by atoms with Crippen LogP contribution in [-0.4, -0.2) is 23.1 Å². The molecule has 2 atom stereocenters. The second-order valence-corrected chi connectivity index (χ2v) is 8.22. The van der Waals surface area contributed by atoms with Gasteiger partial charge in [-0.05, 0) is 34.4 Å². The van der Waals surface area contributed by atoms with Crippen molar-refractivity contribution in [2.75, 3.05) is 4.90 Å². The maximum absolute atomic E-state index is 13.8. The number of rotatable bonds is 3. The summed E-state index contributed by atoms with van der Waals surface area (Å²) in [5.41, 5.74) is 3.74. The third-order valence-electron chi connectivity index (χ3n) is 7.10. The molecule has 0 radical (unpaired) electrons. The van der Waals surface area contributed by atoms with E-state index in [4.69, 9.17) is 0 Å². The minimum atomic E-state index is -0.835. The Hall–Kier alpha value is -3.60. The highest BCUT2D eigenvalue weighted by Crippen LogP contribution is 2.65. The van der Waals surface area contributed by atoms with Crippen molar-refractivity contribution < 1.29 is 14.4 Å². The zero-order valence-electron chi connectivity index (χ0n) is 16.1. The molecule has 2 heterocycles. The molecule has 2 amide bonds. The van der Waals surface area contributed by atoms with Crippen LogP contribution in [0.1, 0.15) is 34.6 Å². The van der Waals surface area contributed by atoms with Gasteiger partial charge in [0.15, 0.2) is 0 Å². The molecule has 1 aromatic heterocycles. The average Bonchev–Trinajstić information content (AvgIpc) is 3.06. The van der Waals surface area contributed by atoms with Crippen molar-refractivity contribution in [3.8, 4) is 0 Å². The van der Waals surface area contributed by atoms with E-state index in [1.165, 1.54) is 4.90 Å². The van der Waals surface area contributed by atoms with Gasteiger partial charge in [-0.2, -0.15) is 0 Å². The Morgan fingerprint density at radius 1 is 0.900 bits per heavy atom. The smallest absolute Gasteiger partial charge is 0.239 e. The number of hydrogen-bond donors (Lipinski definition) is 0. The number of imide groups is 1. The van der Waals surface area contributed by atoms with Gasteiger partial charge in [-0.15, -0.1) is 0 Å². The fraction of sp³-hybridized carbons (Fsp3) is 0.200. The molecule has 30 heavy (non-hydrogen) atoms. The second kappa shape index (κ2) is 5.95. The van der Waals surface area contributed by atoms with Gasteiger partial charge in [0.05, 0.1) is 23.7 Å². The minimum Gasteiger partial charge on any atom is -0.303 e. The maximum atomic E-state index is 13.8. The lowest BCUT2D eigenvalue weighted by Gasteiger charge is -2.53. The molecule has 7 rings (SSSR count). The lowest BCUT2D eigenvalue weighted by molar-refractivity contribution is -0.124. The van der Waals surface area contributed by atoms with E-state index in [1.807, 2.05) is 48.5 Å². The van der Waals surface area contributed by atoms with Crippen molar-refractivity contribution in [2.45, 2.75) is 17.8 Å². The van der Waals surface area contributed by atoms with Crippen LogP contribution < -0.4 is 4.90 Å². The van der Waals surface area contributed by atoms with Gasteiger partial charge >= 0.3 is 0 Å². The van der Waals surface area contributed by atoms with E-state index in [0.717, 1.165) is 28.5 Å². The van der Waals surface area contributed by atoms with Gasteiger partial charge in [0.1, 0.15) is 6.29 Å². The van der Waals surface area contributed by atoms with Crippen LogP contribution in [0.2, 0.25) is 0 Å². The van der Waals surface area contributed by atoms with Crippen LogP contribution >= 0.6 is 0 Å². The number of benzene rings is 2. The molecule has 2 bridgehead atoms. The fourth-order valence-corrected chi connectivity index (χ4v) is 6.15. The molecular weight excluding hydrogens is 376 g/mol. The Morgan fingerprint density at radius 3 is 2.17 bits per heavy atom. The Bertz CT molecular complexity index is 1170. The van der Waals surface area contributed by atoms with Crippen molar-refractivity contribution in [1.82, 2.24) is 4.98 Å². The van der Waals surface area contributed by atoms with E-state index in [2.05, 4.69) is 4.98 Å². The number of hydrogen-bond acceptors (Lipinski definition) is 4. The van der Waals surface area contributed by atoms with Crippen molar-refractivity contribution in [1.29, 1.82) is 0 Å². The lowest BCUT2D eigenvalue weighted by Crippen LogP contribution is -2.53. The number of anilines is 1. The van der Waals surface area contributed by atoms with Crippen LogP contribution in [0, 0.1) is 11.8 Å². The number of carbonyl (C=O) groups is 3. The third kappa shape index (κ3) is 1.88. The Kier molecular flexibility index (Phi) is 3.43. The highest BCUT2D eigenvalue weighted by Gasteiger charge is 2.67. The fourth-order valence-electron chi connectivity index (χ4n) is 6.15. The van der Waals surface area contributed by atoms with E-state index in [-0.39, 0.29) is 24.2 Å². The number of pyridine rings is 1. The first-order valence-electron chi connectivity index (χ1n) is 10.1. The molecule has 0 spiro atoms. The number of carbonyl (C=O) groups excluding carboxylic acids is 3. The molecule has 0 saturated carbocycles. The van der Waals surface area contributed by atoms with Crippen molar-refractivity contribution in [3.63, 3.8) is 0 Å². The summed E-state index contributed by atoms with van der Waals surface area (Å²) in [6, 6.07) is 19.4. The average molecular weight is 394 g/mol. The molecule has 2 unspecified atom stereocenters. The van der Waals surface area contributed by atoms with Gasteiger partial charge in [0.25, 0.3) is 0 Å². The van der Waals surface area contributed by atoms with E-state index >= 15 is 0 Å². The number of aromatic nitrogens is 1. The largest absolute Gasteiger partial charge is 0.303 e. The summed E-state index contributed by atoms with van der Waals surface area (Å²) in [5.74, 6) is -1.78. The zero-order chi connectivity index (χ0) is 20.5. The van der Waals surface area contributed by atoms with Gasteiger partial charge in [-0.25, -0.2) is 4.90 Å². The molecular formula is C25H18N2O3. The highest BCUT2D eigenvalue weighted by molar-refractivity contribution is 6.23. The Labute approximate surface area is 173 Å².